The van der Waals surface area contributed by atoms with E-state index in [1.165, 1.54) is 0 Å². The summed E-state index contributed by atoms with van der Waals surface area (Å²) in [6.45, 7) is 12.2. The highest BCUT2D eigenvalue weighted by atomic mass is 16.6. The summed E-state index contributed by atoms with van der Waals surface area (Å²) in [4.78, 5) is 34.1. The van der Waals surface area contributed by atoms with E-state index in [0.717, 1.165) is 30.5 Å². The first-order valence-corrected chi connectivity index (χ1v) is 13.0. The molecule has 4 atom stereocenters. The molecule has 0 radical (unpaired) electrons. The zero-order chi connectivity index (χ0) is 27.4. The molecule has 37 heavy (non-hydrogen) atoms. The summed E-state index contributed by atoms with van der Waals surface area (Å²) in [5, 5.41) is 8.54. The van der Waals surface area contributed by atoms with Gasteiger partial charge in [-0.25, -0.2) is 4.68 Å². The third kappa shape index (κ3) is 10.0. The highest BCUT2D eigenvalue weighted by Crippen LogP contribution is 2.19. The van der Waals surface area contributed by atoms with Crippen molar-refractivity contribution in [2.24, 2.45) is 33.8 Å². The highest BCUT2D eigenvalue weighted by Gasteiger charge is 2.23. The lowest BCUT2D eigenvalue weighted by atomic mass is 9.90. The fourth-order valence-electron chi connectivity index (χ4n) is 4.44. The molecule has 0 spiro atoms. The Morgan fingerprint density at radius 3 is 2.35 bits per heavy atom. The zero-order valence-corrected chi connectivity index (χ0v) is 23.3. The minimum Gasteiger partial charge on any atom is -0.372 e. The molecule has 0 saturated carbocycles. The molecule has 0 aliphatic rings. The first-order valence-electron chi connectivity index (χ1n) is 13.0. The van der Waals surface area contributed by atoms with Gasteiger partial charge in [-0.05, 0) is 61.9 Å². The van der Waals surface area contributed by atoms with E-state index in [2.05, 4.69) is 22.2 Å². The molecule has 8 nitrogen and oxygen atoms in total. The lowest BCUT2D eigenvalue weighted by Crippen LogP contribution is -2.29. The first kappa shape index (κ1) is 30.1. The monoisotopic (exact) mass is 510 g/mol. The second kappa shape index (κ2) is 15.2. The van der Waals surface area contributed by atoms with Crippen LogP contribution in [-0.4, -0.2) is 53.0 Å². The van der Waals surface area contributed by atoms with Gasteiger partial charge < -0.3 is 14.4 Å². The van der Waals surface area contributed by atoms with Crippen molar-refractivity contribution in [3.8, 4) is 11.4 Å². The number of rotatable bonds is 16. The van der Waals surface area contributed by atoms with Gasteiger partial charge in [0.25, 0.3) is 0 Å². The van der Waals surface area contributed by atoms with Crippen molar-refractivity contribution in [3.63, 3.8) is 0 Å². The maximum atomic E-state index is 13.1. The van der Waals surface area contributed by atoms with Crippen molar-refractivity contribution in [3.05, 3.63) is 42.7 Å². The summed E-state index contributed by atoms with van der Waals surface area (Å²) in [5.41, 5.74) is 2.29. The predicted octanol–water partition coefficient (Wildman–Crippen LogP) is 5.59. The van der Waals surface area contributed by atoms with Crippen molar-refractivity contribution in [2.45, 2.75) is 66.9 Å². The van der Waals surface area contributed by atoms with Crippen LogP contribution in [0, 0.1) is 23.7 Å². The average Bonchev–Trinajstić information content (AvgIpc) is 3.41. The van der Waals surface area contributed by atoms with Gasteiger partial charge in [-0.3, -0.25) is 9.79 Å². The molecule has 1 aromatic carbocycles. The molecule has 0 aliphatic carbocycles. The van der Waals surface area contributed by atoms with Gasteiger partial charge in [-0.1, -0.05) is 39.8 Å². The van der Waals surface area contributed by atoms with Crippen LogP contribution < -0.4 is 4.84 Å². The quantitative estimate of drug-likeness (QED) is 0.167. The van der Waals surface area contributed by atoms with Gasteiger partial charge in [-0.15, -0.1) is 0 Å². The van der Waals surface area contributed by atoms with Crippen LogP contribution in [0.5, 0.6) is 5.75 Å². The second-order valence-electron chi connectivity index (χ2n) is 10.2. The number of oxime groups is 1. The van der Waals surface area contributed by atoms with Crippen molar-refractivity contribution < 1.29 is 19.2 Å². The lowest BCUT2D eigenvalue weighted by molar-refractivity contribution is -0.119. The SMILES string of the molecule is CN=C(C(C)C)C(C)C(=O)C/C(COC(C)C[C@@H](C)CC(C)C=O)=N\Oc1ccc(-n2cccn2)cc1. The van der Waals surface area contributed by atoms with Gasteiger partial charge in [0, 0.05) is 31.1 Å². The van der Waals surface area contributed by atoms with E-state index in [9.17, 15) is 9.59 Å². The minimum absolute atomic E-state index is 0.0232. The van der Waals surface area contributed by atoms with E-state index >= 15 is 0 Å². The van der Waals surface area contributed by atoms with Crippen LogP contribution in [0.25, 0.3) is 5.69 Å². The number of hydrogen-bond acceptors (Lipinski definition) is 7. The smallest absolute Gasteiger partial charge is 0.158 e. The van der Waals surface area contributed by atoms with Crippen LogP contribution in [-0.2, 0) is 14.3 Å². The van der Waals surface area contributed by atoms with Crippen molar-refractivity contribution >= 4 is 23.5 Å². The van der Waals surface area contributed by atoms with Gasteiger partial charge in [0.05, 0.1) is 36.4 Å². The Labute approximate surface area is 221 Å². The molecule has 2 rings (SSSR count). The minimum atomic E-state index is -0.314. The average molecular weight is 511 g/mol. The van der Waals surface area contributed by atoms with Crippen molar-refractivity contribution in [1.82, 2.24) is 9.78 Å². The van der Waals surface area contributed by atoms with Crippen LogP contribution in [0.3, 0.4) is 0 Å². The van der Waals surface area contributed by atoms with E-state index in [1.807, 2.05) is 71.1 Å². The normalized spacial score (nSPS) is 15.8. The van der Waals surface area contributed by atoms with Gasteiger partial charge in [-0.2, -0.15) is 5.10 Å². The summed E-state index contributed by atoms with van der Waals surface area (Å²) < 4.78 is 7.82. The molecule has 3 unspecified atom stereocenters. The Morgan fingerprint density at radius 2 is 1.78 bits per heavy atom. The molecule has 202 valence electrons. The summed E-state index contributed by atoms with van der Waals surface area (Å²) >= 11 is 0. The van der Waals surface area contributed by atoms with Crippen LogP contribution >= 0.6 is 0 Å². The second-order valence-corrected chi connectivity index (χ2v) is 10.2. The van der Waals surface area contributed by atoms with Gasteiger partial charge >= 0.3 is 0 Å². The fraction of sp³-hybridized carbons (Fsp3) is 0.552. The van der Waals surface area contributed by atoms with Crippen LogP contribution in [0.1, 0.15) is 60.8 Å². The van der Waals surface area contributed by atoms with Crippen LogP contribution in [0.4, 0.5) is 0 Å². The third-order valence-electron chi connectivity index (χ3n) is 6.32. The summed E-state index contributed by atoms with van der Waals surface area (Å²) in [7, 11) is 1.72. The number of hydrogen-bond donors (Lipinski definition) is 0. The molecule has 1 aromatic heterocycles. The number of aldehydes is 1. The molecule has 2 aromatic rings. The Balaban J connectivity index is 2.10. The topological polar surface area (TPSA) is 95.1 Å². The number of Topliss-reactive ketones (excluding diaryl/α,β-unsaturated/α-hetero) is 1. The number of carbonyl (C=O) groups is 2. The van der Waals surface area contributed by atoms with Crippen molar-refractivity contribution in [1.29, 1.82) is 0 Å². The number of benzene rings is 1. The number of ketones is 1. The van der Waals surface area contributed by atoms with Crippen LogP contribution in [0.15, 0.2) is 52.9 Å². The molecule has 0 N–H and O–H groups in total. The van der Waals surface area contributed by atoms with Gasteiger partial charge in [0.1, 0.15) is 12.1 Å². The van der Waals surface area contributed by atoms with E-state index in [1.54, 1.807) is 17.9 Å². The molecular weight excluding hydrogens is 468 g/mol. The number of nitrogens with zero attached hydrogens (tertiary/aromatic N) is 4. The molecule has 0 bridgehead atoms. The Morgan fingerprint density at radius 1 is 1.08 bits per heavy atom. The predicted molar refractivity (Wildman–Crippen MR) is 148 cm³/mol. The summed E-state index contributed by atoms with van der Waals surface area (Å²) in [6.07, 6.45) is 6.27. The largest absolute Gasteiger partial charge is 0.372 e. The van der Waals surface area contributed by atoms with Crippen LogP contribution in [0.2, 0.25) is 0 Å². The van der Waals surface area contributed by atoms with E-state index in [0.29, 0.717) is 17.4 Å². The summed E-state index contributed by atoms with van der Waals surface area (Å²) in [6, 6.07) is 9.25. The Kier molecular flexibility index (Phi) is 12.4. The number of ether oxygens (including phenoxy) is 1. The van der Waals surface area contributed by atoms with Crippen molar-refractivity contribution in [2.75, 3.05) is 13.7 Å². The van der Waals surface area contributed by atoms with E-state index in [4.69, 9.17) is 9.57 Å². The number of aromatic nitrogens is 2. The maximum Gasteiger partial charge on any atom is 0.158 e. The Bertz CT molecular complexity index is 1030. The molecule has 8 heteroatoms. The number of aliphatic imine (C=N–C) groups is 1. The third-order valence-corrected chi connectivity index (χ3v) is 6.32. The zero-order valence-electron chi connectivity index (χ0n) is 23.3. The Hall–Kier alpha value is -3.13. The molecule has 0 aliphatic heterocycles. The van der Waals surface area contributed by atoms with E-state index in [-0.39, 0.29) is 42.7 Å². The number of carbonyl (C=O) groups excluding carboxylic acids is 2. The fourth-order valence-corrected chi connectivity index (χ4v) is 4.44. The first-order chi connectivity index (χ1) is 17.6. The van der Waals surface area contributed by atoms with E-state index < -0.39 is 0 Å². The lowest BCUT2D eigenvalue weighted by Gasteiger charge is -2.20. The van der Waals surface area contributed by atoms with Gasteiger partial charge in [0.15, 0.2) is 5.75 Å². The summed E-state index contributed by atoms with van der Waals surface area (Å²) in [5.74, 6) is 0.816. The molecular formula is C29H42N4O4. The maximum absolute atomic E-state index is 13.1. The van der Waals surface area contributed by atoms with Gasteiger partial charge in [0.2, 0.25) is 0 Å². The molecule has 0 fully saturated rings. The highest BCUT2D eigenvalue weighted by molar-refractivity contribution is 6.12. The molecule has 0 saturated heterocycles. The molecule has 0 amide bonds. The standard InChI is InChI=1S/C29H42N4O4/c1-20(2)29(30-7)24(6)28(35)17-25(19-36-23(5)16-21(3)15-22(4)18-34)32-37-27-11-9-26(10-12-27)33-14-8-13-31-33/h8-14,18,20-24H,15-17,19H2,1-7H3/b30-29?,32-25+/t21-,22?,23?,24?/m0/s1. The molecule has 1 heterocycles.